The van der Waals surface area contributed by atoms with E-state index in [-0.39, 0.29) is 11.7 Å². The van der Waals surface area contributed by atoms with Crippen molar-refractivity contribution in [2.75, 3.05) is 26.2 Å². The molecular formula is C17H17FN4OS. The van der Waals surface area contributed by atoms with E-state index in [1.807, 2.05) is 17.9 Å². The lowest BCUT2D eigenvalue weighted by Crippen LogP contribution is -2.46. The molecule has 3 heterocycles. The van der Waals surface area contributed by atoms with Gasteiger partial charge in [0.15, 0.2) is 0 Å². The third kappa shape index (κ3) is 2.59. The fourth-order valence-electron chi connectivity index (χ4n) is 2.93. The van der Waals surface area contributed by atoms with E-state index in [2.05, 4.69) is 10.4 Å². The van der Waals surface area contributed by atoms with Crippen LogP contribution in [0.3, 0.4) is 0 Å². The Kier molecular flexibility index (Phi) is 3.82. The van der Waals surface area contributed by atoms with E-state index < -0.39 is 0 Å². The highest BCUT2D eigenvalue weighted by Crippen LogP contribution is 2.31. The largest absolute Gasteiger partial charge is 0.335 e. The molecule has 1 amide bonds. The SMILES string of the molecule is Cc1nn(-c2ccc(F)cc2)c2sc(C(=O)N3CCNCC3)cc12. The standard InChI is InChI=1S/C17H17FN4OS/c1-11-14-10-15(16(23)21-8-6-19-7-9-21)24-17(14)22(20-11)13-4-2-12(18)3-5-13/h2-5,10,19H,6-9H2,1H3. The molecule has 0 radical (unpaired) electrons. The first-order valence-electron chi connectivity index (χ1n) is 7.88. The van der Waals surface area contributed by atoms with Crippen molar-refractivity contribution < 1.29 is 9.18 Å². The summed E-state index contributed by atoms with van der Waals surface area (Å²) in [4.78, 5) is 16.2. The molecule has 24 heavy (non-hydrogen) atoms. The van der Waals surface area contributed by atoms with Crippen molar-refractivity contribution in [2.45, 2.75) is 6.92 Å². The number of aryl methyl sites for hydroxylation is 1. The molecule has 0 atom stereocenters. The Morgan fingerprint density at radius 3 is 2.67 bits per heavy atom. The van der Waals surface area contributed by atoms with Crippen LogP contribution in [-0.4, -0.2) is 46.8 Å². The topological polar surface area (TPSA) is 50.2 Å². The van der Waals surface area contributed by atoms with Crippen LogP contribution in [0.4, 0.5) is 4.39 Å². The fourth-order valence-corrected chi connectivity index (χ4v) is 4.08. The molecule has 0 aliphatic carbocycles. The average molecular weight is 344 g/mol. The summed E-state index contributed by atoms with van der Waals surface area (Å²) in [7, 11) is 0. The Bertz CT molecular complexity index is 893. The summed E-state index contributed by atoms with van der Waals surface area (Å²) in [6.07, 6.45) is 0. The molecule has 1 N–H and O–H groups in total. The Hall–Kier alpha value is -2.25. The lowest BCUT2D eigenvalue weighted by molar-refractivity contribution is 0.0741. The van der Waals surface area contributed by atoms with E-state index >= 15 is 0 Å². The number of hydrogen-bond acceptors (Lipinski definition) is 4. The van der Waals surface area contributed by atoms with E-state index in [1.165, 1.54) is 23.5 Å². The molecule has 0 spiro atoms. The summed E-state index contributed by atoms with van der Waals surface area (Å²) < 4.78 is 14.9. The zero-order chi connectivity index (χ0) is 16.7. The quantitative estimate of drug-likeness (QED) is 0.777. The van der Waals surface area contributed by atoms with Crippen LogP contribution in [0.1, 0.15) is 15.4 Å². The smallest absolute Gasteiger partial charge is 0.264 e. The van der Waals surface area contributed by atoms with Gasteiger partial charge in [-0.15, -0.1) is 11.3 Å². The second-order valence-electron chi connectivity index (χ2n) is 5.85. The van der Waals surface area contributed by atoms with Crippen LogP contribution in [0.2, 0.25) is 0 Å². The number of carbonyl (C=O) groups is 1. The Balaban J connectivity index is 1.74. The highest BCUT2D eigenvalue weighted by atomic mass is 32.1. The molecule has 3 aromatic rings. The van der Waals surface area contributed by atoms with Gasteiger partial charge >= 0.3 is 0 Å². The third-order valence-corrected chi connectivity index (χ3v) is 5.33. The van der Waals surface area contributed by atoms with E-state index in [0.29, 0.717) is 0 Å². The van der Waals surface area contributed by atoms with Gasteiger partial charge < -0.3 is 10.2 Å². The maximum absolute atomic E-state index is 13.2. The second-order valence-corrected chi connectivity index (χ2v) is 6.88. The maximum Gasteiger partial charge on any atom is 0.264 e. The molecule has 1 saturated heterocycles. The minimum atomic E-state index is -0.278. The summed E-state index contributed by atoms with van der Waals surface area (Å²) >= 11 is 1.44. The molecule has 124 valence electrons. The number of piperazine rings is 1. The van der Waals surface area contributed by atoms with Gasteiger partial charge in [0.05, 0.1) is 16.3 Å². The summed E-state index contributed by atoms with van der Waals surface area (Å²) in [6.45, 7) is 5.05. The van der Waals surface area contributed by atoms with Crippen molar-refractivity contribution >= 4 is 27.5 Å². The predicted molar refractivity (Wildman–Crippen MR) is 92.4 cm³/mol. The van der Waals surface area contributed by atoms with Crippen LogP contribution in [0.15, 0.2) is 30.3 Å². The molecule has 5 nitrogen and oxygen atoms in total. The zero-order valence-electron chi connectivity index (χ0n) is 13.3. The first-order valence-corrected chi connectivity index (χ1v) is 8.70. The van der Waals surface area contributed by atoms with Crippen LogP contribution in [0.25, 0.3) is 15.9 Å². The molecule has 1 aromatic carbocycles. The van der Waals surface area contributed by atoms with E-state index in [4.69, 9.17) is 0 Å². The summed E-state index contributed by atoms with van der Waals surface area (Å²) in [6, 6.07) is 8.14. The Morgan fingerprint density at radius 2 is 1.96 bits per heavy atom. The highest BCUT2D eigenvalue weighted by molar-refractivity contribution is 7.20. The van der Waals surface area contributed by atoms with Gasteiger partial charge in [-0.3, -0.25) is 4.79 Å². The Morgan fingerprint density at radius 1 is 1.25 bits per heavy atom. The minimum absolute atomic E-state index is 0.0720. The number of nitrogens with one attached hydrogen (secondary N) is 1. The molecule has 2 aromatic heterocycles. The molecule has 0 unspecified atom stereocenters. The van der Waals surface area contributed by atoms with Gasteiger partial charge in [0.25, 0.3) is 5.91 Å². The zero-order valence-corrected chi connectivity index (χ0v) is 14.1. The molecule has 1 aliphatic heterocycles. The first kappa shape index (κ1) is 15.3. The number of hydrogen-bond donors (Lipinski definition) is 1. The molecular weight excluding hydrogens is 327 g/mol. The van der Waals surface area contributed by atoms with E-state index in [0.717, 1.165) is 52.7 Å². The number of benzene rings is 1. The van der Waals surface area contributed by atoms with Crippen molar-refractivity contribution in [2.24, 2.45) is 0 Å². The van der Waals surface area contributed by atoms with Crippen molar-refractivity contribution in [3.63, 3.8) is 0 Å². The van der Waals surface area contributed by atoms with Gasteiger partial charge in [-0.2, -0.15) is 5.10 Å². The van der Waals surface area contributed by atoms with E-state index in [1.54, 1.807) is 16.8 Å². The predicted octanol–water partition coefficient (Wildman–Crippen LogP) is 2.58. The number of carbonyl (C=O) groups excluding carboxylic acids is 1. The van der Waals surface area contributed by atoms with Crippen molar-refractivity contribution in [3.05, 3.63) is 46.7 Å². The van der Waals surface area contributed by atoms with Gasteiger partial charge in [0.1, 0.15) is 10.6 Å². The molecule has 4 rings (SSSR count). The summed E-state index contributed by atoms with van der Waals surface area (Å²) in [5, 5.41) is 8.76. The van der Waals surface area contributed by atoms with Gasteiger partial charge in [0, 0.05) is 31.6 Å². The monoisotopic (exact) mass is 344 g/mol. The number of fused-ring (bicyclic) bond motifs is 1. The van der Waals surface area contributed by atoms with Crippen LogP contribution < -0.4 is 5.32 Å². The first-order chi connectivity index (χ1) is 11.6. The van der Waals surface area contributed by atoms with Crippen LogP contribution in [-0.2, 0) is 0 Å². The normalized spacial score (nSPS) is 15.2. The lowest BCUT2D eigenvalue weighted by Gasteiger charge is -2.26. The van der Waals surface area contributed by atoms with Crippen LogP contribution in [0, 0.1) is 12.7 Å². The van der Waals surface area contributed by atoms with Crippen LogP contribution in [0.5, 0.6) is 0 Å². The fraction of sp³-hybridized carbons (Fsp3) is 0.294. The van der Waals surface area contributed by atoms with Gasteiger partial charge in [0.2, 0.25) is 0 Å². The Labute approximate surface area is 142 Å². The number of halogens is 1. The van der Waals surface area contributed by atoms with Crippen LogP contribution >= 0.6 is 11.3 Å². The van der Waals surface area contributed by atoms with Crippen molar-refractivity contribution in [1.29, 1.82) is 0 Å². The number of amides is 1. The minimum Gasteiger partial charge on any atom is -0.335 e. The molecule has 1 aliphatic rings. The summed E-state index contributed by atoms with van der Waals surface area (Å²) in [5.41, 5.74) is 1.66. The number of thiophene rings is 1. The van der Waals surface area contributed by atoms with E-state index in [9.17, 15) is 9.18 Å². The number of nitrogens with zero attached hydrogens (tertiary/aromatic N) is 3. The van der Waals surface area contributed by atoms with Crippen molar-refractivity contribution in [3.8, 4) is 5.69 Å². The van der Waals surface area contributed by atoms with Gasteiger partial charge in [-0.25, -0.2) is 9.07 Å². The highest BCUT2D eigenvalue weighted by Gasteiger charge is 2.22. The molecule has 1 fully saturated rings. The third-order valence-electron chi connectivity index (χ3n) is 4.23. The van der Waals surface area contributed by atoms with Gasteiger partial charge in [-0.05, 0) is 37.3 Å². The van der Waals surface area contributed by atoms with Gasteiger partial charge in [-0.1, -0.05) is 0 Å². The second kappa shape index (κ2) is 5.99. The molecule has 0 bridgehead atoms. The average Bonchev–Trinajstić information content (AvgIpc) is 3.17. The summed E-state index contributed by atoms with van der Waals surface area (Å²) in [5.74, 6) is -0.206. The maximum atomic E-state index is 13.2. The lowest BCUT2D eigenvalue weighted by atomic mass is 10.2. The number of rotatable bonds is 2. The molecule has 7 heteroatoms. The number of aromatic nitrogens is 2. The molecule has 0 saturated carbocycles. The van der Waals surface area contributed by atoms with Crippen molar-refractivity contribution in [1.82, 2.24) is 20.0 Å².